The quantitative estimate of drug-likeness (QED) is 0.165. The van der Waals surface area contributed by atoms with Crippen molar-refractivity contribution in [2.45, 2.75) is 26.2 Å². The molecule has 3 heterocycles. The third-order valence-electron chi connectivity index (χ3n) is 10.3. The molecule has 1 aliphatic carbocycles. The van der Waals surface area contributed by atoms with Crippen LogP contribution in [-0.2, 0) is 26.5 Å². The van der Waals surface area contributed by atoms with Gasteiger partial charge in [0, 0.05) is 34.3 Å². The van der Waals surface area contributed by atoms with E-state index < -0.39 is 0 Å². The van der Waals surface area contributed by atoms with Crippen molar-refractivity contribution in [1.82, 2.24) is 19.3 Å². The summed E-state index contributed by atoms with van der Waals surface area (Å²) in [6.45, 7) is 6.66. The SMILES string of the molecule is CC(C)(C)c1ccnc(-n2c3[c-]c(Oc4[c-]c(-n5ncc6c5-c5ccccc5-c5ccccc5-c5ccccc5-6)ccc4)ccc3c3ccccc32)c1.[Pt+2]. The van der Waals surface area contributed by atoms with Crippen molar-refractivity contribution in [3.8, 4) is 67.6 Å². The van der Waals surface area contributed by atoms with E-state index in [1.54, 1.807) is 0 Å². The maximum absolute atomic E-state index is 6.57. The fourth-order valence-electron chi connectivity index (χ4n) is 7.73. The van der Waals surface area contributed by atoms with Crippen LogP contribution >= 0.6 is 0 Å². The average Bonchev–Trinajstić information content (AvgIpc) is 3.77. The van der Waals surface area contributed by atoms with Gasteiger partial charge in [0.05, 0.1) is 11.9 Å². The van der Waals surface area contributed by atoms with Crippen LogP contribution in [0, 0.1) is 12.1 Å². The van der Waals surface area contributed by atoms with Crippen LogP contribution in [0.15, 0.2) is 152 Å². The summed E-state index contributed by atoms with van der Waals surface area (Å²) < 4.78 is 10.7. The number of pyridine rings is 1. The van der Waals surface area contributed by atoms with Crippen LogP contribution in [0.1, 0.15) is 26.3 Å². The minimum absolute atomic E-state index is 0. The minimum Gasteiger partial charge on any atom is -0.509 e. The molecular weight excluding hydrogens is 844 g/mol. The molecule has 0 unspecified atom stereocenters. The van der Waals surface area contributed by atoms with E-state index in [1.807, 2.05) is 41.3 Å². The van der Waals surface area contributed by atoms with E-state index in [0.29, 0.717) is 11.5 Å². The third-order valence-corrected chi connectivity index (χ3v) is 10.3. The molecule has 54 heavy (non-hydrogen) atoms. The molecule has 0 fully saturated rings. The van der Waals surface area contributed by atoms with Gasteiger partial charge in [-0.15, -0.1) is 35.7 Å². The van der Waals surface area contributed by atoms with Gasteiger partial charge in [0.2, 0.25) is 0 Å². The summed E-state index contributed by atoms with van der Waals surface area (Å²) in [5.74, 6) is 2.02. The molecule has 262 valence electrons. The normalized spacial score (nSPS) is 11.8. The molecule has 1 aliphatic rings. The molecule has 0 saturated carbocycles. The summed E-state index contributed by atoms with van der Waals surface area (Å²) in [7, 11) is 0. The maximum Gasteiger partial charge on any atom is 2.00 e. The molecule has 10 rings (SSSR count). The van der Waals surface area contributed by atoms with Crippen molar-refractivity contribution in [3.05, 3.63) is 170 Å². The number of aromatic nitrogens is 4. The first kappa shape index (κ1) is 33.8. The van der Waals surface area contributed by atoms with Crippen molar-refractivity contribution in [2.24, 2.45) is 0 Å². The van der Waals surface area contributed by atoms with Crippen molar-refractivity contribution < 1.29 is 25.8 Å². The fourth-order valence-corrected chi connectivity index (χ4v) is 7.73. The number of para-hydroxylation sites is 1. The second kappa shape index (κ2) is 13.1. The smallest absolute Gasteiger partial charge is 0.509 e. The van der Waals surface area contributed by atoms with Crippen LogP contribution in [0.5, 0.6) is 11.5 Å². The van der Waals surface area contributed by atoms with Gasteiger partial charge in [0.1, 0.15) is 5.82 Å². The van der Waals surface area contributed by atoms with Gasteiger partial charge < -0.3 is 9.30 Å². The molecule has 6 heteroatoms. The number of ether oxygens (including phenoxy) is 1. The molecule has 0 spiro atoms. The Kier molecular flexibility index (Phi) is 8.21. The summed E-state index contributed by atoms with van der Waals surface area (Å²) in [6, 6.07) is 55.7. The molecule has 0 bridgehead atoms. The largest absolute Gasteiger partial charge is 2.00 e. The molecule has 9 aromatic rings. The van der Waals surface area contributed by atoms with E-state index in [9.17, 15) is 0 Å². The average molecular weight is 878 g/mol. The number of hydrogen-bond acceptors (Lipinski definition) is 3. The molecule has 0 atom stereocenters. The van der Waals surface area contributed by atoms with Gasteiger partial charge in [0.15, 0.2) is 0 Å². The van der Waals surface area contributed by atoms with Gasteiger partial charge in [0.25, 0.3) is 0 Å². The standard InChI is InChI=1S/C48H34N4O.Pt/c1-48(2,3)31-25-26-49-46(27-31)51-44-22-11-10-20-40(44)41-24-23-34(29-45(41)51)53-33-14-12-13-32(28-33)52-47-42-21-9-8-18-38(42)36-16-5-4-15-35(36)37-17-6-7-19-39(37)43(47)30-50-52;/h4-27,30H,1-3H3;/q-2;+2. The minimum atomic E-state index is -0.0165. The molecule has 3 aromatic heterocycles. The zero-order valence-corrected chi connectivity index (χ0v) is 32.2. The number of benzene rings is 6. The van der Waals surface area contributed by atoms with Gasteiger partial charge in [-0.05, 0) is 68.1 Å². The number of nitrogens with zero attached hydrogens (tertiary/aromatic N) is 4. The van der Waals surface area contributed by atoms with E-state index in [-0.39, 0.29) is 26.5 Å². The molecular formula is C48H34N4OPt. The molecule has 6 aromatic carbocycles. The van der Waals surface area contributed by atoms with E-state index >= 15 is 0 Å². The number of rotatable bonds is 4. The Morgan fingerprint density at radius 3 is 1.89 bits per heavy atom. The van der Waals surface area contributed by atoms with Crippen LogP contribution in [0.2, 0.25) is 0 Å². The summed E-state index contributed by atoms with van der Waals surface area (Å²) in [5.41, 5.74) is 13.0. The molecule has 0 amide bonds. The van der Waals surface area contributed by atoms with Crippen LogP contribution in [0.4, 0.5) is 0 Å². The van der Waals surface area contributed by atoms with Crippen LogP contribution in [-0.4, -0.2) is 19.3 Å². The predicted molar refractivity (Wildman–Crippen MR) is 214 cm³/mol. The van der Waals surface area contributed by atoms with E-state index in [0.717, 1.165) is 61.3 Å². The Morgan fingerprint density at radius 2 is 1.19 bits per heavy atom. The zero-order valence-electron chi connectivity index (χ0n) is 29.9. The van der Waals surface area contributed by atoms with Crippen molar-refractivity contribution in [2.75, 3.05) is 0 Å². The Bertz CT molecular complexity index is 2880. The van der Waals surface area contributed by atoms with E-state index in [1.165, 1.54) is 22.3 Å². The van der Waals surface area contributed by atoms with Gasteiger partial charge in [-0.2, -0.15) is 17.2 Å². The first-order chi connectivity index (χ1) is 25.9. The van der Waals surface area contributed by atoms with Crippen LogP contribution in [0.25, 0.3) is 77.9 Å². The van der Waals surface area contributed by atoms with Gasteiger partial charge in [-0.25, -0.2) is 4.98 Å². The van der Waals surface area contributed by atoms with E-state index in [4.69, 9.17) is 14.8 Å². The Hall–Kier alpha value is -6.03. The van der Waals surface area contributed by atoms with E-state index in [2.05, 4.69) is 153 Å². The zero-order chi connectivity index (χ0) is 35.7. The fraction of sp³-hybridized carbons (Fsp3) is 0.0833. The first-order valence-corrected chi connectivity index (χ1v) is 17.9. The Morgan fingerprint density at radius 1 is 0.574 bits per heavy atom. The van der Waals surface area contributed by atoms with Crippen molar-refractivity contribution in [1.29, 1.82) is 0 Å². The second-order valence-electron chi connectivity index (χ2n) is 14.5. The van der Waals surface area contributed by atoms with Gasteiger partial charge in [-0.3, -0.25) is 4.68 Å². The molecule has 0 N–H and O–H groups in total. The Balaban J connectivity index is 0.00000384. The summed E-state index contributed by atoms with van der Waals surface area (Å²) in [4.78, 5) is 4.83. The Labute approximate surface area is 328 Å². The molecule has 5 nitrogen and oxygen atoms in total. The first-order valence-electron chi connectivity index (χ1n) is 17.9. The molecule has 0 aliphatic heterocycles. The predicted octanol–water partition coefficient (Wildman–Crippen LogP) is 12.0. The van der Waals surface area contributed by atoms with Gasteiger partial charge in [-0.1, -0.05) is 117 Å². The van der Waals surface area contributed by atoms with Crippen molar-refractivity contribution >= 4 is 21.8 Å². The summed E-state index contributed by atoms with van der Waals surface area (Å²) in [6.07, 6.45) is 3.87. The third kappa shape index (κ3) is 5.50. The molecule has 0 saturated heterocycles. The van der Waals surface area contributed by atoms with Gasteiger partial charge >= 0.3 is 21.1 Å². The number of fused-ring (bicyclic) bond motifs is 11. The van der Waals surface area contributed by atoms with Crippen LogP contribution in [0.3, 0.4) is 0 Å². The van der Waals surface area contributed by atoms with Crippen LogP contribution < -0.4 is 4.74 Å². The summed E-state index contributed by atoms with van der Waals surface area (Å²) >= 11 is 0. The second-order valence-corrected chi connectivity index (χ2v) is 14.5. The topological polar surface area (TPSA) is 44.9 Å². The summed E-state index contributed by atoms with van der Waals surface area (Å²) in [5, 5.41) is 7.23. The number of hydrogen-bond donors (Lipinski definition) is 0. The molecule has 0 radical (unpaired) electrons. The maximum atomic E-state index is 6.57. The van der Waals surface area contributed by atoms with Crippen molar-refractivity contribution in [3.63, 3.8) is 0 Å². The monoisotopic (exact) mass is 877 g/mol.